The lowest BCUT2D eigenvalue weighted by atomic mass is 9.81. The fourth-order valence-electron chi connectivity index (χ4n) is 3.46. The summed E-state index contributed by atoms with van der Waals surface area (Å²) in [6, 6.07) is 18.5. The van der Waals surface area contributed by atoms with Crippen LogP contribution in [0.3, 0.4) is 0 Å². The summed E-state index contributed by atoms with van der Waals surface area (Å²) in [4.78, 5) is 0. The molecule has 0 spiro atoms. The first kappa shape index (κ1) is 14.2. The van der Waals surface area contributed by atoms with Gasteiger partial charge >= 0.3 is 0 Å². The number of hydrogen-bond donors (Lipinski definition) is 1. The van der Waals surface area contributed by atoms with Gasteiger partial charge in [0.05, 0.1) is 0 Å². The van der Waals surface area contributed by atoms with E-state index in [0.29, 0.717) is 17.9 Å². The molecule has 0 fully saturated rings. The SMILES string of the molecule is CC(C)Cc1cccc(C2CC(C)Nc3ccccc32)c1. The molecule has 0 aliphatic carbocycles. The first-order valence-electron chi connectivity index (χ1n) is 8.08. The van der Waals surface area contributed by atoms with Gasteiger partial charge in [-0.15, -0.1) is 0 Å². The first-order chi connectivity index (χ1) is 10.1. The molecule has 1 N–H and O–H groups in total. The van der Waals surface area contributed by atoms with Gasteiger partial charge in [0.2, 0.25) is 0 Å². The summed E-state index contributed by atoms with van der Waals surface area (Å²) < 4.78 is 0. The van der Waals surface area contributed by atoms with Crippen LogP contribution < -0.4 is 5.32 Å². The summed E-state index contributed by atoms with van der Waals surface area (Å²) in [5.74, 6) is 1.23. The van der Waals surface area contributed by atoms with E-state index >= 15 is 0 Å². The van der Waals surface area contributed by atoms with Crippen LogP contribution in [0.25, 0.3) is 0 Å². The highest BCUT2D eigenvalue weighted by molar-refractivity contribution is 5.58. The molecule has 0 saturated heterocycles. The molecule has 2 aromatic rings. The summed E-state index contributed by atoms with van der Waals surface area (Å²) in [6.07, 6.45) is 2.33. The number of rotatable bonds is 3. The van der Waals surface area contributed by atoms with Crippen molar-refractivity contribution < 1.29 is 0 Å². The van der Waals surface area contributed by atoms with E-state index in [-0.39, 0.29) is 0 Å². The van der Waals surface area contributed by atoms with Gasteiger partial charge in [0.1, 0.15) is 0 Å². The van der Waals surface area contributed by atoms with Gasteiger partial charge in [-0.25, -0.2) is 0 Å². The molecular formula is C20H25N. The van der Waals surface area contributed by atoms with Gasteiger partial charge in [-0.3, -0.25) is 0 Å². The predicted molar refractivity (Wildman–Crippen MR) is 91.0 cm³/mol. The summed E-state index contributed by atoms with van der Waals surface area (Å²) in [5.41, 5.74) is 5.67. The number of anilines is 1. The van der Waals surface area contributed by atoms with Crippen molar-refractivity contribution in [3.63, 3.8) is 0 Å². The minimum absolute atomic E-state index is 0.518. The quantitative estimate of drug-likeness (QED) is 0.812. The average molecular weight is 279 g/mol. The lowest BCUT2D eigenvalue weighted by molar-refractivity contribution is 0.611. The molecule has 0 aromatic heterocycles. The molecule has 1 nitrogen and oxygen atoms in total. The molecule has 1 aliphatic heterocycles. The lowest BCUT2D eigenvalue weighted by Gasteiger charge is -2.32. The number of hydrogen-bond acceptors (Lipinski definition) is 1. The zero-order valence-corrected chi connectivity index (χ0v) is 13.3. The van der Waals surface area contributed by atoms with Crippen molar-refractivity contribution in [2.24, 2.45) is 5.92 Å². The Hall–Kier alpha value is -1.76. The maximum absolute atomic E-state index is 3.61. The Bertz CT molecular complexity index is 615. The van der Waals surface area contributed by atoms with Gasteiger partial charge in [0.25, 0.3) is 0 Å². The number of nitrogens with one attached hydrogen (secondary N) is 1. The van der Waals surface area contributed by atoms with Crippen LogP contribution in [0, 0.1) is 5.92 Å². The first-order valence-corrected chi connectivity index (χ1v) is 8.08. The van der Waals surface area contributed by atoms with E-state index in [0.717, 1.165) is 6.42 Å². The van der Waals surface area contributed by atoms with Crippen LogP contribution >= 0.6 is 0 Å². The van der Waals surface area contributed by atoms with Gasteiger partial charge < -0.3 is 5.32 Å². The van der Waals surface area contributed by atoms with Gasteiger partial charge in [-0.05, 0) is 48.4 Å². The van der Waals surface area contributed by atoms with E-state index in [1.807, 2.05) is 0 Å². The summed E-state index contributed by atoms with van der Waals surface area (Å²) in [5, 5.41) is 3.61. The number of benzene rings is 2. The van der Waals surface area contributed by atoms with Gasteiger partial charge in [-0.2, -0.15) is 0 Å². The molecule has 1 aliphatic rings. The second-order valence-corrected chi connectivity index (χ2v) is 6.76. The minimum atomic E-state index is 0.518. The van der Waals surface area contributed by atoms with E-state index in [1.165, 1.54) is 28.8 Å². The van der Waals surface area contributed by atoms with Crippen LogP contribution in [0.15, 0.2) is 48.5 Å². The lowest BCUT2D eigenvalue weighted by Crippen LogP contribution is -2.25. The number of para-hydroxylation sites is 1. The highest BCUT2D eigenvalue weighted by Crippen LogP contribution is 2.38. The molecule has 2 aromatic carbocycles. The maximum Gasteiger partial charge on any atom is 0.0381 e. The molecule has 2 atom stereocenters. The minimum Gasteiger partial charge on any atom is -0.382 e. The van der Waals surface area contributed by atoms with Gasteiger partial charge in [0.15, 0.2) is 0 Å². The van der Waals surface area contributed by atoms with E-state index in [2.05, 4.69) is 74.6 Å². The number of fused-ring (bicyclic) bond motifs is 1. The Balaban J connectivity index is 1.97. The molecule has 1 heterocycles. The van der Waals surface area contributed by atoms with Crippen molar-refractivity contribution >= 4 is 5.69 Å². The molecule has 2 unspecified atom stereocenters. The topological polar surface area (TPSA) is 12.0 Å². The highest BCUT2D eigenvalue weighted by atomic mass is 14.9. The molecule has 1 heteroatoms. The molecular weight excluding hydrogens is 254 g/mol. The van der Waals surface area contributed by atoms with Crippen molar-refractivity contribution in [1.82, 2.24) is 0 Å². The molecule has 21 heavy (non-hydrogen) atoms. The highest BCUT2D eigenvalue weighted by Gasteiger charge is 2.25. The third-order valence-electron chi connectivity index (χ3n) is 4.32. The third kappa shape index (κ3) is 3.12. The van der Waals surface area contributed by atoms with Crippen LogP contribution in [-0.2, 0) is 6.42 Å². The molecule has 0 bridgehead atoms. The van der Waals surface area contributed by atoms with Gasteiger partial charge in [0, 0.05) is 17.6 Å². The smallest absolute Gasteiger partial charge is 0.0381 e. The molecule has 0 saturated carbocycles. The van der Waals surface area contributed by atoms with Crippen LogP contribution in [0.1, 0.15) is 49.8 Å². The fourth-order valence-corrected chi connectivity index (χ4v) is 3.46. The third-order valence-corrected chi connectivity index (χ3v) is 4.32. The Morgan fingerprint density at radius 1 is 1.10 bits per heavy atom. The Kier molecular flexibility index (Phi) is 4.01. The van der Waals surface area contributed by atoms with Crippen LogP contribution in [0.2, 0.25) is 0 Å². The molecule has 3 rings (SSSR count). The van der Waals surface area contributed by atoms with E-state index in [1.54, 1.807) is 0 Å². The molecule has 110 valence electrons. The van der Waals surface area contributed by atoms with Crippen molar-refractivity contribution in [1.29, 1.82) is 0 Å². The second kappa shape index (κ2) is 5.93. The standard InChI is InChI=1S/C20H25N/c1-14(2)11-16-7-6-8-17(13-16)19-12-15(3)21-20-10-5-4-9-18(19)20/h4-10,13-15,19,21H,11-12H2,1-3H3. The van der Waals surface area contributed by atoms with E-state index in [4.69, 9.17) is 0 Å². The predicted octanol–water partition coefficient (Wildman–Crippen LogP) is 5.22. The zero-order valence-electron chi connectivity index (χ0n) is 13.3. The Morgan fingerprint density at radius 3 is 2.71 bits per heavy atom. The maximum atomic E-state index is 3.61. The fraction of sp³-hybridized carbons (Fsp3) is 0.400. The Labute approximate surface area is 128 Å². The van der Waals surface area contributed by atoms with E-state index < -0.39 is 0 Å². The average Bonchev–Trinajstić information content (AvgIpc) is 2.46. The van der Waals surface area contributed by atoms with Crippen LogP contribution in [0.4, 0.5) is 5.69 Å². The molecule has 0 amide bonds. The monoisotopic (exact) mass is 279 g/mol. The Morgan fingerprint density at radius 2 is 1.90 bits per heavy atom. The summed E-state index contributed by atoms with van der Waals surface area (Å²) in [6.45, 7) is 6.85. The van der Waals surface area contributed by atoms with Crippen LogP contribution in [0.5, 0.6) is 0 Å². The normalized spacial score (nSPS) is 21.0. The van der Waals surface area contributed by atoms with Gasteiger partial charge in [-0.1, -0.05) is 56.3 Å². The van der Waals surface area contributed by atoms with Crippen molar-refractivity contribution in [3.8, 4) is 0 Å². The molecule has 0 radical (unpaired) electrons. The summed E-state index contributed by atoms with van der Waals surface area (Å²) >= 11 is 0. The summed E-state index contributed by atoms with van der Waals surface area (Å²) in [7, 11) is 0. The zero-order chi connectivity index (χ0) is 14.8. The van der Waals surface area contributed by atoms with Crippen molar-refractivity contribution in [3.05, 3.63) is 65.2 Å². The second-order valence-electron chi connectivity index (χ2n) is 6.76. The van der Waals surface area contributed by atoms with E-state index in [9.17, 15) is 0 Å². The van der Waals surface area contributed by atoms with Crippen molar-refractivity contribution in [2.75, 3.05) is 5.32 Å². The van der Waals surface area contributed by atoms with Crippen molar-refractivity contribution in [2.45, 2.75) is 45.6 Å². The largest absolute Gasteiger partial charge is 0.382 e. The van der Waals surface area contributed by atoms with Crippen LogP contribution in [-0.4, -0.2) is 6.04 Å².